The molecule has 2 atom stereocenters. The van der Waals surface area contributed by atoms with Crippen LogP contribution in [0.25, 0.3) is 0 Å². The van der Waals surface area contributed by atoms with Gasteiger partial charge in [-0.2, -0.15) is 0 Å². The van der Waals surface area contributed by atoms with Crippen LogP contribution in [0.2, 0.25) is 0 Å². The fourth-order valence-corrected chi connectivity index (χ4v) is 0.658. The van der Waals surface area contributed by atoms with E-state index in [9.17, 15) is 8.78 Å². The molecule has 0 radical (unpaired) electrons. The molecule has 4 heteroatoms. The van der Waals surface area contributed by atoms with Gasteiger partial charge in [0.25, 0.3) is 5.85 Å². The number of hydrogen-bond acceptors (Lipinski definition) is 2. The Morgan fingerprint density at radius 2 is 2.20 bits per heavy atom. The van der Waals surface area contributed by atoms with Gasteiger partial charge in [-0.3, -0.25) is 0 Å². The van der Waals surface area contributed by atoms with E-state index in [1.807, 2.05) is 0 Å². The minimum atomic E-state index is -3.06. The third-order valence-corrected chi connectivity index (χ3v) is 1.21. The quantitative estimate of drug-likeness (QED) is 0.537. The second-order valence-corrected chi connectivity index (χ2v) is 2.04. The monoisotopic (exact) mass is 148 g/mol. The Balaban J connectivity index is 2.89. The van der Waals surface area contributed by atoms with E-state index in [0.717, 1.165) is 12.2 Å². The fourth-order valence-electron chi connectivity index (χ4n) is 0.658. The number of hydrogen-bond donors (Lipinski definition) is 2. The molecule has 56 valence electrons. The van der Waals surface area contributed by atoms with Crippen LogP contribution in [0.5, 0.6) is 0 Å². The van der Waals surface area contributed by atoms with Gasteiger partial charge in [0.15, 0.2) is 0 Å². The maximum Gasteiger partial charge on any atom is 0.265 e. The zero-order valence-corrected chi connectivity index (χ0v) is 4.96. The first-order valence-electron chi connectivity index (χ1n) is 2.68. The number of alkyl halides is 2. The van der Waals surface area contributed by atoms with E-state index in [1.54, 1.807) is 0 Å². The first-order chi connectivity index (χ1) is 4.54. The first kappa shape index (κ1) is 7.21. The van der Waals surface area contributed by atoms with Crippen LogP contribution < -0.4 is 0 Å². The van der Waals surface area contributed by atoms with E-state index in [1.165, 1.54) is 0 Å². The molecule has 1 rings (SSSR count). The molecule has 0 amide bonds. The van der Waals surface area contributed by atoms with Gasteiger partial charge in [-0.05, 0) is 12.2 Å². The van der Waals surface area contributed by atoms with Gasteiger partial charge in [0.2, 0.25) is 6.17 Å². The molecule has 10 heavy (non-hydrogen) atoms. The maximum absolute atomic E-state index is 12.4. The van der Waals surface area contributed by atoms with Crippen LogP contribution in [-0.2, 0) is 0 Å². The predicted molar refractivity (Wildman–Crippen MR) is 30.8 cm³/mol. The third kappa shape index (κ3) is 1.02. The number of aliphatic hydroxyl groups excluding tert-OH is 1. The van der Waals surface area contributed by atoms with E-state index in [4.69, 9.17) is 10.2 Å². The molecule has 0 saturated heterocycles. The second kappa shape index (κ2) is 2.05. The lowest BCUT2D eigenvalue weighted by molar-refractivity contribution is -0.100. The van der Waals surface area contributed by atoms with E-state index >= 15 is 0 Å². The summed E-state index contributed by atoms with van der Waals surface area (Å²) in [7, 11) is 0. The van der Waals surface area contributed by atoms with Gasteiger partial charge in [0.1, 0.15) is 5.76 Å². The van der Waals surface area contributed by atoms with Gasteiger partial charge in [0.05, 0.1) is 0 Å². The molecular weight excluding hydrogens is 142 g/mol. The van der Waals surface area contributed by atoms with E-state index in [0.29, 0.717) is 6.08 Å². The maximum atomic E-state index is 12.4. The summed E-state index contributed by atoms with van der Waals surface area (Å²) < 4.78 is 24.8. The van der Waals surface area contributed by atoms with Crippen molar-refractivity contribution < 1.29 is 19.0 Å². The smallest absolute Gasteiger partial charge is 0.265 e. The van der Waals surface area contributed by atoms with Gasteiger partial charge in [-0.1, -0.05) is 6.08 Å². The normalized spacial score (nSPS) is 39.5. The molecule has 1 aliphatic rings. The highest BCUT2D eigenvalue weighted by atomic mass is 19.2. The van der Waals surface area contributed by atoms with Crippen molar-refractivity contribution in [3.8, 4) is 0 Å². The molecule has 2 nitrogen and oxygen atoms in total. The lowest BCUT2D eigenvalue weighted by Crippen LogP contribution is -2.35. The molecule has 2 N–H and O–H groups in total. The molecule has 0 spiro atoms. The standard InChI is InChI=1S/C6H6F2O2/c7-5-4(9)2-1-3-6(5,8)10/h1-3,5,9-10H. The van der Waals surface area contributed by atoms with Crippen molar-refractivity contribution >= 4 is 0 Å². The first-order valence-corrected chi connectivity index (χ1v) is 2.68. The van der Waals surface area contributed by atoms with Crippen molar-refractivity contribution in [1.29, 1.82) is 0 Å². The Labute approximate surface area is 56.1 Å². The Morgan fingerprint density at radius 3 is 2.60 bits per heavy atom. The van der Waals surface area contributed by atoms with E-state index in [-0.39, 0.29) is 0 Å². The van der Waals surface area contributed by atoms with E-state index in [2.05, 4.69) is 0 Å². The zero-order valence-electron chi connectivity index (χ0n) is 4.96. The minimum Gasteiger partial charge on any atom is -0.509 e. The Morgan fingerprint density at radius 1 is 1.60 bits per heavy atom. The highest BCUT2D eigenvalue weighted by Gasteiger charge is 2.39. The number of halogens is 2. The molecule has 0 aromatic rings. The van der Waals surface area contributed by atoms with Crippen LogP contribution in [0, 0.1) is 0 Å². The lowest BCUT2D eigenvalue weighted by atomic mass is 10.1. The van der Waals surface area contributed by atoms with Crippen molar-refractivity contribution in [1.82, 2.24) is 0 Å². The molecule has 2 unspecified atom stereocenters. The summed E-state index contributed by atoms with van der Waals surface area (Å²) >= 11 is 0. The van der Waals surface area contributed by atoms with Gasteiger partial charge in [-0.25, -0.2) is 8.78 Å². The SMILES string of the molecule is OC1=CC=CC(O)(F)C1F. The largest absolute Gasteiger partial charge is 0.509 e. The van der Waals surface area contributed by atoms with Crippen LogP contribution in [0.3, 0.4) is 0 Å². The van der Waals surface area contributed by atoms with Crippen LogP contribution in [0.1, 0.15) is 0 Å². The highest BCUT2D eigenvalue weighted by Crippen LogP contribution is 2.26. The van der Waals surface area contributed by atoms with Gasteiger partial charge in [0, 0.05) is 0 Å². The number of rotatable bonds is 0. The summed E-state index contributed by atoms with van der Waals surface area (Å²) in [5.74, 6) is -3.86. The summed E-state index contributed by atoms with van der Waals surface area (Å²) in [5.41, 5.74) is 0. The third-order valence-electron chi connectivity index (χ3n) is 1.21. The van der Waals surface area contributed by atoms with E-state index < -0.39 is 17.8 Å². The summed E-state index contributed by atoms with van der Waals surface area (Å²) in [4.78, 5) is 0. The number of aliphatic hydroxyl groups is 2. The van der Waals surface area contributed by atoms with Crippen molar-refractivity contribution in [3.05, 3.63) is 24.0 Å². The molecule has 0 heterocycles. The Hall–Kier alpha value is -0.900. The van der Waals surface area contributed by atoms with Crippen LogP contribution >= 0.6 is 0 Å². The molecule has 0 bridgehead atoms. The molecule has 0 fully saturated rings. The second-order valence-electron chi connectivity index (χ2n) is 2.04. The molecular formula is C6H6F2O2. The molecule has 1 aliphatic carbocycles. The van der Waals surface area contributed by atoms with Gasteiger partial charge >= 0.3 is 0 Å². The summed E-state index contributed by atoms with van der Waals surface area (Å²) in [5, 5.41) is 17.0. The van der Waals surface area contributed by atoms with Crippen LogP contribution in [-0.4, -0.2) is 22.2 Å². The molecule has 0 saturated carbocycles. The topological polar surface area (TPSA) is 40.5 Å². The summed E-state index contributed by atoms with van der Waals surface area (Å²) in [6.07, 6.45) is 0.305. The van der Waals surface area contributed by atoms with Crippen LogP contribution in [0.15, 0.2) is 24.0 Å². The predicted octanol–water partition coefficient (Wildman–Crippen LogP) is 0.994. The summed E-state index contributed by atoms with van der Waals surface area (Å²) in [6, 6.07) is 0. The van der Waals surface area contributed by atoms with Crippen molar-refractivity contribution in [2.75, 3.05) is 0 Å². The molecule has 0 aliphatic heterocycles. The van der Waals surface area contributed by atoms with Gasteiger partial charge in [-0.15, -0.1) is 0 Å². The average Bonchev–Trinajstić information content (AvgIpc) is 1.83. The lowest BCUT2D eigenvalue weighted by Gasteiger charge is -2.20. The molecule has 0 aromatic heterocycles. The highest BCUT2D eigenvalue weighted by molar-refractivity contribution is 5.23. The molecule has 0 aromatic carbocycles. The Kier molecular flexibility index (Phi) is 1.48. The van der Waals surface area contributed by atoms with Gasteiger partial charge < -0.3 is 10.2 Å². The van der Waals surface area contributed by atoms with Crippen molar-refractivity contribution in [2.45, 2.75) is 12.0 Å². The zero-order chi connectivity index (χ0) is 7.78. The van der Waals surface area contributed by atoms with Crippen LogP contribution in [0.4, 0.5) is 8.78 Å². The summed E-state index contributed by atoms with van der Waals surface area (Å²) in [6.45, 7) is 0. The fraction of sp³-hybridized carbons (Fsp3) is 0.333. The van der Waals surface area contributed by atoms with Crippen molar-refractivity contribution in [2.24, 2.45) is 0 Å². The van der Waals surface area contributed by atoms with Crippen molar-refractivity contribution in [3.63, 3.8) is 0 Å². The minimum absolute atomic E-state index is 0.636. The number of allylic oxidation sites excluding steroid dienone is 2. The average molecular weight is 148 g/mol. The Bertz CT molecular complexity index is 196.